The van der Waals surface area contributed by atoms with Crippen molar-refractivity contribution in [3.8, 4) is 0 Å². The monoisotopic (exact) mass is 274 g/mol. The van der Waals surface area contributed by atoms with E-state index in [0.29, 0.717) is 13.0 Å². The summed E-state index contributed by atoms with van der Waals surface area (Å²) in [5.41, 5.74) is 1.43. The van der Waals surface area contributed by atoms with Crippen molar-refractivity contribution in [2.75, 3.05) is 0 Å². The molecule has 0 radical (unpaired) electrons. The molecule has 2 unspecified atom stereocenters. The van der Waals surface area contributed by atoms with Crippen LogP contribution in [0.3, 0.4) is 0 Å². The van der Waals surface area contributed by atoms with Crippen molar-refractivity contribution in [3.05, 3.63) is 35.4 Å². The molecule has 1 aromatic carbocycles. The Morgan fingerprint density at radius 1 is 1.30 bits per heavy atom. The predicted molar refractivity (Wildman–Crippen MR) is 78.0 cm³/mol. The molecule has 1 saturated heterocycles. The highest BCUT2D eigenvalue weighted by atomic mass is 16.2. The van der Waals surface area contributed by atoms with Crippen molar-refractivity contribution in [1.29, 1.82) is 0 Å². The number of amides is 2. The number of hydrogen-bond acceptors (Lipinski definition) is 2. The third-order valence-electron chi connectivity index (χ3n) is 4.29. The fraction of sp³-hybridized carbons (Fsp3) is 0.500. The van der Waals surface area contributed by atoms with E-state index in [4.69, 9.17) is 0 Å². The Labute approximate surface area is 120 Å². The Kier molecular flexibility index (Phi) is 3.84. The maximum atomic E-state index is 12.7. The molecular formula is C16H22N2O2. The highest BCUT2D eigenvalue weighted by molar-refractivity contribution is 5.99. The molecule has 20 heavy (non-hydrogen) atoms. The van der Waals surface area contributed by atoms with Crippen LogP contribution in [0.25, 0.3) is 0 Å². The van der Waals surface area contributed by atoms with E-state index in [9.17, 15) is 9.59 Å². The second-order valence-corrected chi connectivity index (χ2v) is 5.71. The van der Waals surface area contributed by atoms with Gasteiger partial charge in [0.15, 0.2) is 0 Å². The summed E-state index contributed by atoms with van der Waals surface area (Å²) in [6.45, 7) is 7.99. The van der Waals surface area contributed by atoms with Crippen LogP contribution in [0.1, 0.15) is 38.3 Å². The molecule has 1 heterocycles. The van der Waals surface area contributed by atoms with Crippen molar-refractivity contribution in [2.24, 2.45) is 0 Å². The van der Waals surface area contributed by atoms with Gasteiger partial charge in [-0.2, -0.15) is 0 Å². The van der Waals surface area contributed by atoms with E-state index in [0.717, 1.165) is 11.1 Å². The summed E-state index contributed by atoms with van der Waals surface area (Å²) >= 11 is 0. The fourth-order valence-electron chi connectivity index (χ4n) is 2.48. The zero-order chi connectivity index (χ0) is 14.9. The predicted octanol–water partition coefficient (Wildman–Crippen LogP) is 2.01. The Hall–Kier alpha value is -1.84. The summed E-state index contributed by atoms with van der Waals surface area (Å²) in [6.07, 6.45) is 0.592. The molecule has 0 saturated carbocycles. The van der Waals surface area contributed by atoms with Crippen molar-refractivity contribution in [1.82, 2.24) is 10.2 Å². The lowest BCUT2D eigenvalue weighted by molar-refractivity contribution is -0.154. The van der Waals surface area contributed by atoms with Gasteiger partial charge in [-0.25, -0.2) is 0 Å². The first-order chi connectivity index (χ1) is 9.39. The van der Waals surface area contributed by atoms with E-state index in [1.165, 1.54) is 0 Å². The summed E-state index contributed by atoms with van der Waals surface area (Å²) in [5.74, 6) is -0.0853. The average Bonchev–Trinajstić information content (AvgIpc) is 2.43. The zero-order valence-electron chi connectivity index (χ0n) is 12.6. The smallest absolute Gasteiger partial charge is 0.248 e. The number of aryl methyl sites for hydroxylation is 1. The highest BCUT2D eigenvalue weighted by Crippen LogP contribution is 2.24. The topological polar surface area (TPSA) is 49.4 Å². The first-order valence-electron chi connectivity index (χ1n) is 7.06. The minimum Gasteiger partial charge on any atom is -0.340 e. The molecule has 0 aromatic heterocycles. The molecule has 1 fully saturated rings. The lowest BCUT2D eigenvalue weighted by Gasteiger charge is -2.43. The van der Waals surface area contributed by atoms with Crippen LogP contribution in [-0.2, 0) is 16.1 Å². The molecule has 0 aliphatic carbocycles. The summed E-state index contributed by atoms with van der Waals surface area (Å²) in [7, 11) is 0. The van der Waals surface area contributed by atoms with Gasteiger partial charge in [0.05, 0.1) is 0 Å². The van der Waals surface area contributed by atoms with Gasteiger partial charge < -0.3 is 10.2 Å². The van der Waals surface area contributed by atoms with Crippen LogP contribution in [-0.4, -0.2) is 28.3 Å². The molecule has 1 aliphatic heterocycles. The molecule has 4 nitrogen and oxygen atoms in total. The van der Waals surface area contributed by atoms with E-state index in [-0.39, 0.29) is 11.8 Å². The first-order valence-corrected chi connectivity index (χ1v) is 7.06. The van der Waals surface area contributed by atoms with E-state index >= 15 is 0 Å². The van der Waals surface area contributed by atoms with Gasteiger partial charge in [0.1, 0.15) is 11.6 Å². The van der Waals surface area contributed by atoms with Crippen molar-refractivity contribution < 1.29 is 9.59 Å². The van der Waals surface area contributed by atoms with Gasteiger partial charge in [-0.05, 0) is 38.3 Å². The number of carbonyl (C=O) groups excluding carboxylic acids is 2. The minimum atomic E-state index is -0.785. The summed E-state index contributed by atoms with van der Waals surface area (Å²) < 4.78 is 0. The normalized spacial score (nSPS) is 26.6. The second kappa shape index (κ2) is 5.27. The Balaban J connectivity index is 2.31. The molecule has 2 rings (SSSR count). The standard InChI is InChI=1S/C16H22N2O2/c1-5-16(4)15(20)18(12(3)14(19)17-16)10-13-9-7-6-8-11(13)2/h6-9,12H,5,10H2,1-4H3,(H,17,19). The number of benzene rings is 1. The third kappa shape index (κ3) is 2.42. The minimum absolute atomic E-state index is 0.00430. The fourth-order valence-corrected chi connectivity index (χ4v) is 2.48. The van der Waals surface area contributed by atoms with Crippen LogP contribution in [0.5, 0.6) is 0 Å². The van der Waals surface area contributed by atoms with Crippen molar-refractivity contribution >= 4 is 11.8 Å². The molecule has 108 valence electrons. The quantitative estimate of drug-likeness (QED) is 0.916. The van der Waals surface area contributed by atoms with E-state index < -0.39 is 11.6 Å². The number of rotatable bonds is 3. The van der Waals surface area contributed by atoms with Crippen LogP contribution in [0.15, 0.2) is 24.3 Å². The third-order valence-corrected chi connectivity index (χ3v) is 4.29. The maximum Gasteiger partial charge on any atom is 0.248 e. The molecule has 0 spiro atoms. The van der Waals surface area contributed by atoms with Gasteiger partial charge in [-0.3, -0.25) is 9.59 Å². The summed E-state index contributed by atoms with van der Waals surface area (Å²) in [5, 5.41) is 2.84. The van der Waals surface area contributed by atoms with Crippen LogP contribution < -0.4 is 5.32 Å². The number of piperazine rings is 1. The number of nitrogens with zero attached hydrogens (tertiary/aromatic N) is 1. The lowest BCUT2D eigenvalue weighted by Crippen LogP contribution is -2.68. The number of nitrogens with one attached hydrogen (secondary N) is 1. The van der Waals surface area contributed by atoms with Crippen LogP contribution >= 0.6 is 0 Å². The molecule has 2 amide bonds. The first kappa shape index (κ1) is 14.6. The van der Waals surface area contributed by atoms with Gasteiger partial charge in [0.25, 0.3) is 0 Å². The zero-order valence-corrected chi connectivity index (χ0v) is 12.6. The number of hydrogen-bond donors (Lipinski definition) is 1. The van der Waals surface area contributed by atoms with Crippen LogP contribution in [0, 0.1) is 6.92 Å². The SMILES string of the molecule is CCC1(C)NC(=O)C(C)N(Cc2ccccc2C)C1=O. The van der Waals surface area contributed by atoms with Crippen LogP contribution in [0.2, 0.25) is 0 Å². The molecule has 4 heteroatoms. The summed E-state index contributed by atoms with van der Waals surface area (Å²) in [4.78, 5) is 26.4. The van der Waals surface area contributed by atoms with E-state index in [1.54, 1.807) is 18.7 Å². The van der Waals surface area contributed by atoms with Gasteiger partial charge in [0, 0.05) is 6.54 Å². The number of carbonyl (C=O) groups is 2. The maximum absolute atomic E-state index is 12.7. The van der Waals surface area contributed by atoms with Gasteiger partial charge >= 0.3 is 0 Å². The average molecular weight is 274 g/mol. The molecule has 1 aromatic rings. The van der Waals surface area contributed by atoms with Gasteiger partial charge in [-0.1, -0.05) is 31.2 Å². The van der Waals surface area contributed by atoms with Crippen molar-refractivity contribution in [2.45, 2.75) is 52.2 Å². The lowest BCUT2D eigenvalue weighted by atomic mass is 9.91. The summed E-state index contributed by atoms with van der Waals surface area (Å²) in [6, 6.07) is 7.53. The van der Waals surface area contributed by atoms with Gasteiger partial charge in [0.2, 0.25) is 11.8 Å². The molecular weight excluding hydrogens is 252 g/mol. The van der Waals surface area contributed by atoms with Gasteiger partial charge in [-0.15, -0.1) is 0 Å². The molecule has 0 bridgehead atoms. The molecule has 1 aliphatic rings. The van der Waals surface area contributed by atoms with Crippen LogP contribution in [0.4, 0.5) is 0 Å². The molecule has 1 N–H and O–H groups in total. The van der Waals surface area contributed by atoms with E-state index in [1.807, 2.05) is 38.1 Å². The Bertz CT molecular complexity index is 541. The van der Waals surface area contributed by atoms with E-state index in [2.05, 4.69) is 5.32 Å². The molecule has 2 atom stereocenters. The largest absolute Gasteiger partial charge is 0.340 e. The Morgan fingerprint density at radius 2 is 1.95 bits per heavy atom. The second-order valence-electron chi connectivity index (χ2n) is 5.71. The van der Waals surface area contributed by atoms with Crippen molar-refractivity contribution in [3.63, 3.8) is 0 Å². The highest BCUT2D eigenvalue weighted by Gasteiger charge is 2.45. The Morgan fingerprint density at radius 3 is 2.55 bits per heavy atom.